The second-order valence-electron chi connectivity index (χ2n) is 4.49. The van der Waals surface area contributed by atoms with Gasteiger partial charge in [-0.05, 0) is 5.56 Å². The molecule has 0 fully saturated rings. The van der Waals surface area contributed by atoms with Crippen molar-refractivity contribution < 1.29 is 32.0 Å². The highest BCUT2D eigenvalue weighted by Crippen LogP contribution is 2.02. The third-order valence-electron chi connectivity index (χ3n) is 2.44. The van der Waals surface area contributed by atoms with E-state index in [9.17, 15) is 18.0 Å². The Balaban J connectivity index is 2.49. The standard InChI is InChI=1S/C13H17NO7S/c1-22(18,19)21-9-11(7-12(15)16)14-13(17)20-8-10-5-3-2-4-6-10/h2-6,11H,7-9H2,1H3,(H,14,17)(H,15,16). The Hall–Kier alpha value is -2.13. The number of ether oxygens (including phenoxy) is 1. The van der Waals surface area contributed by atoms with Crippen LogP contribution in [-0.4, -0.2) is 44.5 Å². The predicted molar refractivity (Wildman–Crippen MR) is 76.6 cm³/mol. The molecule has 1 amide bonds. The molecule has 0 heterocycles. The van der Waals surface area contributed by atoms with Crippen molar-refractivity contribution in [2.45, 2.75) is 19.1 Å². The van der Waals surface area contributed by atoms with Crippen LogP contribution in [0.5, 0.6) is 0 Å². The van der Waals surface area contributed by atoms with Crippen molar-refractivity contribution in [1.82, 2.24) is 5.32 Å². The van der Waals surface area contributed by atoms with Gasteiger partial charge >= 0.3 is 12.1 Å². The summed E-state index contributed by atoms with van der Waals surface area (Å²) < 4.78 is 31.2. The summed E-state index contributed by atoms with van der Waals surface area (Å²) in [6.07, 6.45) is -0.513. The predicted octanol–water partition coefficient (Wildman–Crippen LogP) is 0.732. The molecule has 1 aromatic carbocycles. The first kappa shape index (κ1) is 17.9. The Kier molecular flexibility index (Phi) is 6.80. The largest absolute Gasteiger partial charge is 0.481 e. The molecular weight excluding hydrogens is 314 g/mol. The van der Waals surface area contributed by atoms with Crippen LogP contribution in [0.25, 0.3) is 0 Å². The smallest absolute Gasteiger partial charge is 0.407 e. The first-order chi connectivity index (χ1) is 10.3. The SMILES string of the molecule is CS(=O)(=O)OCC(CC(=O)O)NC(=O)OCc1ccccc1. The molecule has 0 radical (unpaired) electrons. The van der Waals surface area contributed by atoms with Gasteiger partial charge in [0.2, 0.25) is 0 Å². The highest BCUT2D eigenvalue weighted by Gasteiger charge is 2.19. The van der Waals surface area contributed by atoms with E-state index in [2.05, 4.69) is 9.50 Å². The molecule has 1 unspecified atom stereocenters. The van der Waals surface area contributed by atoms with E-state index in [1.165, 1.54) is 0 Å². The van der Waals surface area contributed by atoms with Crippen molar-refractivity contribution in [3.05, 3.63) is 35.9 Å². The molecule has 0 aliphatic carbocycles. The summed E-state index contributed by atoms with van der Waals surface area (Å²) in [5, 5.41) is 11.0. The van der Waals surface area contributed by atoms with E-state index in [1.807, 2.05) is 6.07 Å². The summed E-state index contributed by atoms with van der Waals surface area (Å²) in [6, 6.07) is 7.88. The number of carbonyl (C=O) groups is 2. The van der Waals surface area contributed by atoms with Gasteiger partial charge in [0.25, 0.3) is 10.1 Å². The molecule has 0 aliphatic rings. The van der Waals surface area contributed by atoms with Crippen LogP contribution in [0, 0.1) is 0 Å². The van der Waals surface area contributed by atoms with Crippen molar-refractivity contribution in [2.75, 3.05) is 12.9 Å². The van der Waals surface area contributed by atoms with E-state index in [0.29, 0.717) is 0 Å². The maximum absolute atomic E-state index is 11.6. The molecule has 0 spiro atoms. The fourth-order valence-electron chi connectivity index (χ4n) is 1.50. The van der Waals surface area contributed by atoms with Crippen molar-refractivity contribution in [1.29, 1.82) is 0 Å². The van der Waals surface area contributed by atoms with Gasteiger partial charge in [-0.25, -0.2) is 4.79 Å². The summed E-state index contributed by atoms with van der Waals surface area (Å²) in [4.78, 5) is 22.3. The maximum Gasteiger partial charge on any atom is 0.407 e. The van der Waals surface area contributed by atoms with Crippen LogP contribution in [-0.2, 0) is 30.4 Å². The number of hydrogen-bond donors (Lipinski definition) is 2. The molecular formula is C13H17NO7S. The Morgan fingerprint density at radius 3 is 2.45 bits per heavy atom. The zero-order valence-electron chi connectivity index (χ0n) is 11.9. The van der Waals surface area contributed by atoms with Crippen molar-refractivity contribution in [3.8, 4) is 0 Å². The quantitative estimate of drug-likeness (QED) is 0.674. The number of carboxylic acids is 1. The van der Waals surface area contributed by atoms with E-state index in [-0.39, 0.29) is 6.61 Å². The number of aliphatic carboxylic acids is 1. The van der Waals surface area contributed by atoms with E-state index in [1.54, 1.807) is 24.3 Å². The number of carbonyl (C=O) groups excluding carboxylic acids is 1. The molecule has 8 nitrogen and oxygen atoms in total. The summed E-state index contributed by atoms with van der Waals surface area (Å²) in [6.45, 7) is -0.467. The monoisotopic (exact) mass is 331 g/mol. The van der Waals surface area contributed by atoms with Crippen LogP contribution in [0.2, 0.25) is 0 Å². The van der Waals surface area contributed by atoms with Gasteiger partial charge in [0.05, 0.1) is 25.3 Å². The van der Waals surface area contributed by atoms with Gasteiger partial charge < -0.3 is 15.2 Å². The van der Waals surface area contributed by atoms with E-state index in [4.69, 9.17) is 9.84 Å². The first-order valence-corrected chi connectivity index (χ1v) is 8.11. The second kappa shape index (κ2) is 8.35. The molecule has 1 aromatic rings. The average Bonchev–Trinajstić information content (AvgIpc) is 2.42. The summed E-state index contributed by atoms with van der Waals surface area (Å²) in [7, 11) is -3.73. The van der Waals surface area contributed by atoms with Crippen LogP contribution >= 0.6 is 0 Å². The van der Waals surface area contributed by atoms with E-state index < -0.39 is 41.3 Å². The summed E-state index contributed by atoms with van der Waals surface area (Å²) in [5.41, 5.74) is 0.764. The molecule has 1 rings (SSSR count). The number of alkyl carbamates (subject to hydrolysis) is 1. The number of benzene rings is 1. The molecule has 2 N–H and O–H groups in total. The zero-order chi connectivity index (χ0) is 16.6. The lowest BCUT2D eigenvalue weighted by molar-refractivity contribution is -0.137. The molecule has 0 saturated heterocycles. The minimum absolute atomic E-state index is 0.0133. The number of rotatable bonds is 8. The molecule has 9 heteroatoms. The van der Waals surface area contributed by atoms with Gasteiger partial charge in [-0.3, -0.25) is 8.98 Å². The fourth-order valence-corrected chi connectivity index (χ4v) is 1.91. The van der Waals surface area contributed by atoms with Crippen molar-refractivity contribution >= 4 is 22.2 Å². The summed E-state index contributed by atoms with van der Waals surface area (Å²) >= 11 is 0. The summed E-state index contributed by atoms with van der Waals surface area (Å²) in [5.74, 6) is -1.20. The van der Waals surface area contributed by atoms with E-state index >= 15 is 0 Å². The number of amides is 1. The van der Waals surface area contributed by atoms with Gasteiger partial charge in [-0.2, -0.15) is 8.42 Å². The van der Waals surface area contributed by atoms with Gasteiger partial charge in [0.15, 0.2) is 0 Å². The third-order valence-corrected chi connectivity index (χ3v) is 3.00. The normalized spacial score (nSPS) is 12.4. The molecule has 0 bridgehead atoms. The minimum atomic E-state index is -3.73. The Morgan fingerprint density at radius 1 is 1.27 bits per heavy atom. The molecule has 0 aliphatic heterocycles. The van der Waals surface area contributed by atoms with Crippen molar-refractivity contribution in [2.24, 2.45) is 0 Å². The lowest BCUT2D eigenvalue weighted by atomic mass is 10.2. The van der Waals surface area contributed by atoms with Gasteiger partial charge in [-0.1, -0.05) is 30.3 Å². The van der Waals surface area contributed by atoms with Crippen LogP contribution in [0.3, 0.4) is 0 Å². The zero-order valence-corrected chi connectivity index (χ0v) is 12.7. The number of carboxylic acid groups (broad SMARTS) is 1. The lowest BCUT2D eigenvalue weighted by Gasteiger charge is -2.16. The molecule has 0 saturated carbocycles. The molecule has 122 valence electrons. The van der Waals surface area contributed by atoms with E-state index in [0.717, 1.165) is 11.8 Å². The number of nitrogens with one attached hydrogen (secondary N) is 1. The maximum atomic E-state index is 11.6. The molecule has 22 heavy (non-hydrogen) atoms. The average molecular weight is 331 g/mol. The Morgan fingerprint density at radius 2 is 1.91 bits per heavy atom. The third kappa shape index (κ3) is 8.22. The van der Waals surface area contributed by atoms with Crippen LogP contribution in [0.1, 0.15) is 12.0 Å². The van der Waals surface area contributed by atoms with Gasteiger partial charge in [0, 0.05) is 0 Å². The van der Waals surface area contributed by atoms with Gasteiger partial charge in [0.1, 0.15) is 6.61 Å². The Bertz CT molecular complexity index is 600. The van der Waals surface area contributed by atoms with Crippen LogP contribution < -0.4 is 5.32 Å². The lowest BCUT2D eigenvalue weighted by Crippen LogP contribution is -2.40. The highest BCUT2D eigenvalue weighted by molar-refractivity contribution is 7.85. The second-order valence-corrected chi connectivity index (χ2v) is 6.13. The highest BCUT2D eigenvalue weighted by atomic mass is 32.2. The van der Waals surface area contributed by atoms with Crippen LogP contribution in [0.4, 0.5) is 4.79 Å². The topological polar surface area (TPSA) is 119 Å². The van der Waals surface area contributed by atoms with Crippen molar-refractivity contribution in [3.63, 3.8) is 0 Å². The fraction of sp³-hybridized carbons (Fsp3) is 0.385. The minimum Gasteiger partial charge on any atom is -0.481 e. The van der Waals surface area contributed by atoms with Gasteiger partial charge in [-0.15, -0.1) is 0 Å². The molecule has 0 aromatic heterocycles. The number of hydrogen-bond acceptors (Lipinski definition) is 6. The first-order valence-electron chi connectivity index (χ1n) is 6.29. The molecule has 1 atom stereocenters. The van der Waals surface area contributed by atoms with Crippen LogP contribution in [0.15, 0.2) is 30.3 Å². The Labute approximate surface area is 128 Å².